The van der Waals surface area contributed by atoms with E-state index in [0.29, 0.717) is 5.56 Å². The number of carbonyl (C=O) groups excluding carboxylic acids is 1. The predicted molar refractivity (Wildman–Crippen MR) is 74.5 cm³/mol. The molecule has 2 N–H and O–H groups in total. The molecular formula is C14H14FNO2S. The average molecular weight is 279 g/mol. The van der Waals surface area contributed by atoms with E-state index in [-0.39, 0.29) is 23.5 Å². The first kappa shape index (κ1) is 13.9. The van der Waals surface area contributed by atoms with E-state index in [1.54, 1.807) is 17.8 Å². The Morgan fingerprint density at radius 1 is 1.58 bits per heavy atom. The van der Waals surface area contributed by atoms with Crippen LogP contribution >= 0.6 is 11.8 Å². The third kappa shape index (κ3) is 3.72. The van der Waals surface area contributed by atoms with Gasteiger partial charge in [-0.3, -0.25) is 4.79 Å². The summed E-state index contributed by atoms with van der Waals surface area (Å²) in [5.41, 5.74) is 0.645. The van der Waals surface area contributed by atoms with Crippen molar-refractivity contribution in [2.24, 2.45) is 0 Å². The Bertz CT molecular complexity index is 530. The molecular weight excluding hydrogens is 265 g/mol. The molecule has 0 saturated carbocycles. The van der Waals surface area contributed by atoms with Crippen LogP contribution in [0.4, 0.5) is 10.1 Å². The minimum absolute atomic E-state index is 0.0757. The van der Waals surface area contributed by atoms with E-state index in [1.807, 2.05) is 0 Å². The van der Waals surface area contributed by atoms with Gasteiger partial charge in [0.2, 0.25) is 5.91 Å². The highest BCUT2D eigenvalue weighted by atomic mass is 32.2. The van der Waals surface area contributed by atoms with Crippen molar-refractivity contribution in [3.05, 3.63) is 29.6 Å². The van der Waals surface area contributed by atoms with Crippen molar-refractivity contribution in [3.8, 4) is 11.8 Å². The van der Waals surface area contributed by atoms with Gasteiger partial charge in [0.25, 0.3) is 0 Å². The highest BCUT2D eigenvalue weighted by Gasteiger charge is 2.23. The first-order valence-corrected chi connectivity index (χ1v) is 7.07. The molecule has 0 spiro atoms. The maximum absolute atomic E-state index is 13.8. The molecule has 1 aromatic rings. The van der Waals surface area contributed by atoms with E-state index in [4.69, 9.17) is 5.11 Å². The molecule has 3 nitrogen and oxygen atoms in total. The molecule has 1 atom stereocenters. The third-order valence-corrected chi connectivity index (χ3v) is 4.14. The van der Waals surface area contributed by atoms with E-state index in [2.05, 4.69) is 17.2 Å². The van der Waals surface area contributed by atoms with Crippen molar-refractivity contribution >= 4 is 23.4 Å². The quantitative estimate of drug-likeness (QED) is 0.814. The number of benzene rings is 1. The fourth-order valence-electron chi connectivity index (χ4n) is 1.83. The molecule has 0 aromatic heterocycles. The van der Waals surface area contributed by atoms with Crippen LogP contribution in [0.2, 0.25) is 0 Å². The van der Waals surface area contributed by atoms with Crippen LogP contribution in [0, 0.1) is 17.7 Å². The Morgan fingerprint density at radius 2 is 2.42 bits per heavy atom. The standard InChI is InChI=1S/C14H14FNO2S/c15-11-9-10(3-1-7-17)5-6-12(11)16-14(18)13-4-2-8-19-13/h5-6,9,13,17H,2,4,7-8H2,(H,16,18). The summed E-state index contributed by atoms with van der Waals surface area (Å²) < 4.78 is 13.8. The highest BCUT2D eigenvalue weighted by Crippen LogP contribution is 2.27. The molecule has 1 unspecified atom stereocenters. The van der Waals surface area contributed by atoms with E-state index >= 15 is 0 Å². The fourth-order valence-corrected chi connectivity index (χ4v) is 2.99. The molecule has 1 aliphatic rings. The lowest BCUT2D eigenvalue weighted by molar-refractivity contribution is -0.115. The molecule has 1 aliphatic heterocycles. The van der Waals surface area contributed by atoms with Gasteiger partial charge in [0.05, 0.1) is 10.9 Å². The van der Waals surface area contributed by atoms with Gasteiger partial charge >= 0.3 is 0 Å². The second-order valence-electron chi connectivity index (χ2n) is 4.15. The summed E-state index contributed by atoms with van der Waals surface area (Å²) in [5, 5.41) is 11.1. The molecule has 0 aliphatic carbocycles. The fraction of sp³-hybridized carbons (Fsp3) is 0.357. The normalized spacial score (nSPS) is 17.7. The Hall–Kier alpha value is -1.51. The van der Waals surface area contributed by atoms with Crippen LogP contribution in [0.15, 0.2) is 18.2 Å². The van der Waals surface area contributed by atoms with Gasteiger partial charge < -0.3 is 10.4 Å². The van der Waals surface area contributed by atoms with Gasteiger partial charge in [-0.25, -0.2) is 4.39 Å². The summed E-state index contributed by atoms with van der Waals surface area (Å²) >= 11 is 1.61. The Morgan fingerprint density at radius 3 is 3.05 bits per heavy atom. The van der Waals surface area contributed by atoms with Crippen molar-refractivity contribution in [1.29, 1.82) is 0 Å². The van der Waals surface area contributed by atoms with E-state index in [0.717, 1.165) is 18.6 Å². The molecule has 100 valence electrons. The number of aliphatic hydroxyl groups is 1. The average Bonchev–Trinajstić information content (AvgIpc) is 2.93. The molecule has 5 heteroatoms. The van der Waals surface area contributed by atoms with E-state index in [9.17, 15) is 9.18 Å². The SMILES string of the molecule is O=C(Nc1ccc(C#CCO)cc1F)C1CCCS1. The molecule has 19 heavy (non-hydrogen) atoms. The van der Waals surface area contributed by atoms with Crippen LogP contribution < -0.4 is 5.32 Å². The molecule has 1 amide bonds. The second kappa shape index (κ2) is 6.60. The number of hydrogen-bond donors (Lipinski definition) is 2. The zero-order valence-electron chi connectivity index (χ0n) is 10.3. The van der Waals surface area contributed by atoms with Gasteiger partial charge in [-0.05, 0) is 36.8 Å². The first-order chi connectivity index (χ1) is 9.20. The number of aliphatic hydroxyl groups excluding tert-OH is 1. The minimum atomic E-state index is -0.513. The van der Waals surface area contributed by atoms with E-state index in [1.165, 1.54) is 12.1 Å². The van der Waals surface area contributed by atoms with Gasteiger partial charge in [-0.15, -0.1) is 11.8 Å². The number of rotatable bonds is 2. The summed E-state index contributed by atoms with van der Waals surface area (Å²) in [4.78, 5) is 11.9. The summed E-state index contributed by atoms with van der Waals surface area (Å²) in [6.07, 6.45) is 1.87. The number of halogens is 1. The Balaban J connectivity index is 2.06. The van der Waals surface area contributed by atoms with Crippen LogP contribution in [0.25, 0.3) is 0 Å². The zero-order chi connectivity index (χ0) is 13.7. The second-order valence-corrected chi connectivity index (χ2v) is 5.46. The van der Waals surface area contributed by atoms with Gasteiger partial charge in [0.1, 0.15) is 12.4 Å². The van der Waals surface area contributed by atoms with Crippen molar-refractivity contribution < 1.29 is 14.3 Å². The van der Waals surface area contributed by atoms with Crippen molar-refractivity contribution in [2.75, 3.05) is 17.7 Å². The van der Waals surface area contributed by atoms with Gasteiger partial charge in [-0.1, -0.05) is 11.8 Å². The van der Waals surface area contributed by atoms with Gasteiger partial charge in [-0.2, -0.15) is 0 Å². The Labute approximate surface area is 115 Å². The predicted octanol–water partition coefficient (Wildman–Crippen LogP) is 2.00. The molecule has 2 rings (SSSR count). The molecule has 0 radical (unpaired) electrons. The van der Waals surface area contributed by atoms with Crippen LogP contribution in [-0.2, 0) is 4.79 Å². The summed E-state index contributed by atoms with van der Waals surface area (Å²) in [6.45, 7) is -0.265. The number of nitrogens with one attached hydrogen (secondary N) is 1. The molecule has 1 fully saturated rings. The molecule has 1 aromatic carbocycles. The van der Waals surface area contributed by atoms with Crippen molar-refractivity contribution in [3.63, 3.8) is 0 Å². The number of carbonyl (C=O) groups is 1. The monoisotopic (exact) mass is 279 g/mol. The maximum atomic E-state index is 13.8. The van der Waals surface area contributed by atoms with Crippen LogP contribution in [-0.4, -0.2) is 28.6 Å². The lowest BCUT2D eigenvalue weighted by Gasteiger charge is -2.10. The summed E-state index contributed by atoms with van der Waals surface area (Å²) in [5.74, 6) is 5.39. The largest absolute Gasteiger partial charge is 0.384 e. The topological polar surface area (TPSA) is 49.3 Å². The molecule has 1 heterocycles. The number of anilines is 1. The highest BCUT2D eigenvalue weighted by molar-refractivity contribution is 8.00. The lowest BCUT2D eigenvalue weighted by Crippen LogP contribution is -2.23. The zero-order valence-corrected chi connectivity index (χ0v) is 11.1. The third-order valence-electron chi connectivity index (χ3n) is 2.76. The van der Waals surface area contributed by atoms with Crippen LogP contribution in [0.5, 0.6) is 0 Å². The van der Waals surface area contributed by atoms with Crippen LogP contribution in [0.1, 0.15) is 18.4 Å². The number of hydrogen-bond acceptors (Lipinski definition) is 3. The summed E-state index contributed by atoms with van der Waals surface area (Å²) in [6, 6.07) is 4.36. The number of thioether (sulfide) groups is 1. The number of amides is 1. The first-order valence-electron chi connectivity index (χ1n) is 6.02. The maximum Gasteiger partial charge on any atom is 0.237 e. The van der Waals surface area contributed by atoms with Gasteiger partial charge in [0, 0.05) is 5.56 Å². The van der Waals surface area contributed by atoms with Crippen molar-refractivity contribution in [2.45, 2.75) is 18.1 Å². The Kier molecular flexibility index (Phi) is 4.83. The van der Waals surface area contributed by atoms with Gasteiger partial charge in [0.15, 0.2) is 0 Å². The summed E-state index contributed by atoms with van der Waals surface area (Å²) in [7, 11) is 0. The van der Waals surface area contributed by atoms with E-state index < -0.39 is 5.82 Å². The van der Waals surface area contributed by atoms with Crippen molar-refractivity contribution in [1.82, 2.24) is 0 Å². The lowest BCUT2D eigenvalue weighted by atomic mass is 10.2. The molecule has 1 saturated heterocycles. The molecule has 0 bridgehead atoms. The minimum Gasteiger partial charge on any atom is -0.384 e. The van der Waals surface area contributed by atoms with Crippen LogP contribution in [0.3, 0.4) is 0 Å². The smallest absolute Gasteiger partial charge is 0.237 e.